The monoisotopic (exact) mass is 230 g/mol. The van der Waals surface area contributed by atoms with E-state index in [9.17, 15) is 4.79 Å². The molecule has 0 aliphatic rings. The number of hydrogen-bond acceptors (Lipinski definition) is 3. The molecule has 0 bridgehead atoms. The Kier molecular flexibility index (Phi) is 3.20. The van der Waals surface area contributed by atoms with Gasteiger partial charge in [0.1, 0.15) is 0 Å². The fourth-order valence-electron chi connectivity index (χ4n) is 1.57. The Bertz CT molecular complexity index is 490. The van der Waals surface area contributed by atoms with E-state index in [-0.39, 0.29) is 0 Å². The maximum atomic E-state index is 10.8. The largest absolute Gasteiger partial charge is 0.368 e. The number of nitrogens with two attached hydrogens (primary N) is 2. The Hall–Kier alpha value is -2.14. The molecule has 1 atom stereocenters. The van der Waals surface area contributed by atoms with Crippen molar-refractivity contribution in [1.82, 2.24) is 9.55 Å². The number of primary amides is 1. The van der Waals surface area contributed by atoms with Crippen LogP contribution in [0.4, 0.5) is 0 Å². The molecule has 2 aromatic rings. The van der Waals surface area contributed by atoms with E-state index in [1.807, 2.05) is 35.0 Å². The van der Waals surface area contributed by atoms with Crippen molar-refractivity contribution in [3.63, 3.8) is 0 Å². The van der Waals surface area contributed by atoms with Crippen LogP contribution in [-0.2, 0) is 11.2 Å². The Balaban J connectivity index is 2.11. The summed E-state index contributed by atoms with van der Waals surface area (Å²) in [5, 5.41) is 0. The molecule has 0 saturated heterocycles. The van der Waals surface area contributed by atoms with Gasteiger partial charge in [-0.25, -0.2) is 4.98 Å². The van der Waals surface area contributed by atoms with E-state index in [1.165, 1.54) is 0 Å². The zero-order valence-electron chi connectivity index (χ0n) is 9.28. The third-order valence-corrected chi connectivity index (χ3v) is 2.56. The van der Waals surface area contributed by atoms with Gasteiger partial charge in [-0.2, -0.15) is 0 Å². The molecule has 1 aromatic carbocycles. The lowest BCUT2D eigenvalue weighted by Gasteiger charge is -2.08. The second-order valence-corrected chi connectivity index (χ2v) is 3.85. The number of carbonyl (C=O) groups is 1. The van der Waals surface area contributed by atoms with Gasteiger partial charge in [0.25, 0.3) is 0 Å². The number of imidazole rings is 1. The van der Waals surface area contributed by atoms with Crippen molar-refractivity contribution in [2.75, 3.05) is 0 Å². The summed E-state index contributed by atoms with van der Waals surface area (Å²) in [5.74, 6) is -0.483. The smallest absolute Gasteiger partial charge is 0.234 e. The molecular weight excluding hydrogens is 216 g/mol. The predicted octanol–water partition coefficient (Wildman–Crippen LogP) is 0.227. The maximum Gasteiger partial charge on any atom is 0.234 e. The molecule has 0 saturated carbocycles. The summed E-state index contributed by atoms with van der Waals surface area (Å²) in [5.41, 5.74) is 12.7. The van der Waals surface area contributed by atoms with Gasteiger partial charge >= 0.3 is 0 Å². The highest BCUT2D eigenvalue weighted by molar-refractivity contribution is 5.79. The first-order valence-electron chi connectivity index (χ1n) is 5.29. The van der Waals surface area contributed by atoms with Crippen LogP contribution in [0, 0.1) is 0 Å². The summed E-state index contributed by atoms with van der Waals surface area (Å²) >= 11 is 0. The molecule has 5 heteroatoms. The van der Waals surface area contributed by atoms with E-state index in [2.05, 4.69) is 4.98 Å². The third kappa shape index (κ3) is 2.70. The summed E-state index contributed by atoms with van der Waals surface area (Å²) in [6.07, 6.45) is 5.77. The first-order valence-corrected chi connectivity index (χ1v) is 5.29. The van der Waals surface area contributed by atoms with Gasteiger partial charge in [-0.1, -0.05) is 12.1 Å². The number of amides is 1. The van der Waals surface area contributed by atoms with Gasteiger partial charge in [0.15, 0.2) is 0 Å². The lowest BCUT2D eigenvalue weighted by atomic mass is 10.1. The fraction of sp³-hybridized carbons (Fsp3) is 0.167. The van der Waals surface area contributed by atoms with Crippen LogP contribution in [-0.4, -0.2) is 21.5 Å². The highest BCUT2D eigenvalue weighted by Crippen LogP contribution is 2.10. The summed E-state index contributed by atoms with van der Waals surface area (Å²) < 4.78 is 1.90. The van der Waals surface area contributed by atoms with Crippen molar-refractivity contribution in [1.29, 1.82) is 0 Å². The van der Waals surface area contributed by atoms with E-state index in [0.29, 0.717) is 6.42 Å². The van der Waals surface area contributed by atoms with Crippen LogP contribution < -0.4 is 11.5 Å². The first-order chi connectivity index (χ1) is 8.16. The summed E-state index contributed by atoms with van der Waals surface area (Å²) in [7, 11) is 0. The second-order valence-electron chi connectivity index (χ2n) is 3.85. The van der Waals surface area contributed by atoms with E-state index < -0.39 is 11.9 Å². The van der Waals surface area contributed by atoms with Crippen molar-refractivity contribution in [3.8, 4) is 5.69 Å². The van der Waals surface area contributed by atoms with Crippen LogP contribution >= 0.6 is 0 Å². The second kappa shape index (κ2) is 4.80. The van der Waals surface area contributed by atoms with Gasteiger partial charge in [0.05, 0.1) is 12.4 Å². The molecule has 0 aliphatic carbocycles. The minimum absolute atomic E-state index is 0.458. The number of nitrogens with zero attached hydrogens (tertiary/aromatic N) is 2. The number of rotatable bonds is 4. The summed E-state index contributed by atoms with van der Waals surface area (Å²) in [4.78, 5) is 14.8. The molecule has 1 aromatic heterocycles. The molecule has 88 valence electrons. The van der Waals surface area contributed by atoms with Gasteiger partial charge in [-0.15, -0.1) is 0 Å². The molecule has 0 radical (unpaired) electrons. The van der Waals surface area contributed by atoms with Crippen LogP contribution in [0.5, 0.6) is 0 Å². The Morgan fingerprint density at radius 2 is 2.06 bits per heavy atom. The number of benzene rings is 1. The normalized spacial score (nSPS) is 12.3. The Morgan fingerprint density at radius 1 is 1.35 bits per heavy atom. The standard InChI is InChI=1S/C12H14N4O/c13-11(12(14)17)7-9-1-3-10(4-2-9)16-6-5-15-8-16/h1-6,8,11H,7,13H2,(H2,14,17). The lowest BCUT2D eigenvalue weighted by Crippen LogP contribution is -2.38. The highest BCUT2D eigenvalue weighted by Gasteiger charge is 2.09. The predicted molar refractivity (Wildman–Crippen MR) is 64.4 cm³/mol. The maximum absolute atomic E-state index is 10.8. The highest BCUT2D eigenvalue weighted by atomic mass is 16.1. The molecule has 1 amide bonds. The van der Waals surface area contributed by atoms with E-state index in [4.69, 9.17) is 11.5 Å². The topological polar surface area (TPSA) is 86.9 Å². The zero-order valence-corrected chi connectivity index (χ0v) is 9.28. The average molecular weight is 230 g/mol. The molecule has 0 aliphatic heterocycles. The van der Waals surface area contributed by atoms with Crippen molar-refractivity contribution < 1.29 is 4.79 Å². The van der Waals surface area contributed by atoms with Gasteiger partial charge in [0, 0.05) is 18.1 Å². The van der Waals surface area contributed by atoms with Crippen LogP contribution in [0.3, 0.4) is 0 Å². The molecule has 1 heterocycles. The molecule has 5 nitrogen and oxygen atoms in total. The minimum Gasteiger partial charge on any atom is -0.368 e. The lowest BCUT2D eigenvalue weighted by molar-refractivity contribution is -0.119. The molecule has 1 unspecified atom stereocenters. The summed E-state index contributed by atoms with van der Waals surface area (Å²) in [6.45, 7) is 0. The average Bonchev–Trinajstić information content (AvgIpc) is 2.83. The number of hydrogen-bond donors (Lipinski definition) is 2. The van der Waals surface area contributed by atoms with Crippen LogP contribution in [0.25, 0.3) is 5.69 Å². The van der Waals surface area contributed by atoms with E-state index in [1.54, 1.807) is 12.5 Å². The van der Waals surface area contributed by atoms with Crippen molar-refractivity contribution >= 4 is 5.91 Å². The molecule has 17 heavy (non-hydrogen) atoms. The van der Waals surface area contributed by atoms with Crippen LogP contribution in [0.15, 0.2) is 43.0 Å². The van der Waals surface area contributed by atoms with Gasteiger partial charge in [0.2, 0.25) is 5.91 Å². The molecule has 0 spiro atoms. The van der Waals surface area contributed by atoms with Gasteiger partial charge in [-0.3, -0.25) is 4.79 Å². The SMILES string of the molecule is NC(=O)C(N)Cc1ccc(-n2ccnc2)cc1. The van der Waals surface area contributed by atoms with E-state index >= 15 is 0 Å². The third-order valence-electron chi connectivity index (χ3n) is 2.56. The number of aromatic nitrogens is 2. The van der Waals surface area contributed by atoms with Crippen molar-refractivity contribution in [3.05, 3.63) is 48.5 Å². The van der Waals surface area contributed by atoms with Gasteiger partial charge < -0.3 is 16.0 Å². The van der Waals surface area contributed by atoms with Crippen LogP contribution in [0.2, 0.25) is 0 Å². The molecule has 4 N–H and O–H groups in total. The fourth-order valence-corrected chi connectivity index (χ4v) is 1.57. The van der Waals surface area contributed by atoms with Gasteiger partial charge in [-0.05, 0) is 24.1 Å². The van der Waals surface area contributed by atoms with Crippen molar-refractivity contribution in [2.24, 2.45) is 11.5 Å². The molecule has 2 rings (SSSR count). The van der Waals surface area contributed by atoms with E-state index in [0.717, 1.165) is 11.3 Å². The van der Waals surface area contributed by atoms with Crippen LogP contribution in [0.1, 0.15) is 5.56 Å². The van der Waals surface area contributed by atoms with Crippen molar-refractivity contribution in [2.45, 2.75) is 12.5 Å². The minimum atomic E-state index is -0.630. The Labute approximate surface area is 99.1 Å². The first kappa shape index (κ1) is 11.3. The quantitative estimate of drug-likeness (QED) is 0.788. The molecule has 0 fully saturated rings. The number of carbonyl (C=O) groups excluding carboxylic acids is 1. The molecular formula is C12H14N4O. The Morgan fingerprint density at radius 3 is 2.59 bits per heavy atom. The summed E-state index contributed by atoms with van der Waals surface area (Å²) in [6, 6.07) is 7.13. The zero-order chi connectivity index (χ0) is 12.3.